The van der Waals surface area contributed by atoms with E-state index in [0.29, 0.717) is 23.8 Å². The highest BCUT2D eigenvalue weighted by Crippen LogP contribution is 2.18. The molecule has 0 spiro atoms. The number of hydrogen-bond acceptors (Lipinski definition) is 5. The average molecular weight is 322 g/mol. The number of ether oxygens (including phenoxy) is 1. The van der Waals surface area contributed by atoms with Crippen LogP contribution in [0.4, 0.5) is 11.6 Å². The third-order valence-corrected chi connectivity index (χ3v) is 3.59. The zero-order chi connectivity index (χ0) is 16.9. The molecule has 0 bridgehead atoms. The number of aromatic nitrogens is 3. The van der Waals surface area contributed by atoms with E-state index < -0.39 is 0 Å². The molecule has 6 heteroatoms. The second-order valence-electron chi connectivity index (χ2n) is 5.47. The first-order chi connectivity index (χ1) is 11.6. The van der Waals surface area contributed by atoms with Gasteiger partial charge in [0, 0.05) is 18.2 Å². The van der Waals surface area contributed by atoms with E-state index in [1.807, 2.05) is 49.4 Å². The van der Waals surface area contributed by atoms with Crippen LogP contribution in [0.25, 0.3) is 0 Å². The fourth-order valence-corrected chi connectivity index (χ4v) is 2.27. The Bertz CT molecular complexity index is 888. The zero-order valence-corrected chi connectivity index (χ0v) is 13.5. The number of nitrogens with one attached hydrogen (secondary N) is 2. The average Bonchev–Trinajstić information content (AvgIpc) is 2.59. The van der Waals surface area contributed by atoms with Crippen LogP contribution in [-0.2, 0) is 6.42 Å². The molecule has 0 unspecified atom stereocenters. The van der Waals surface area contributed by atoms with E-state index in [1.54, 1.807) is 13.2 Å². The molecular weight excluding hydrogens is 304 g/mol. The third kappa shape index (κ3) is 3.78. The first kappa shape index (κ1) is 15.7. The summed E-state index contributed by atoms with van der Waals surface area (Å²) in [7, 11) is 1.60. The molecule has 6 nitrogen and oxygen atoms in total. The first-order valence-corrected chi connectivity index (χ1v) is 7.56. The number of H-pyrrole nitrogens is 1. The minimum absolute atomic E-state index is 0.254. The van der Waals surface area contributed by atoms with Gasteiger partial charge in [-0.15, -0.1) is 10.2 Å². The van der Waals surface area contributed by atoms with E-state index in [2.05, 4.69) is 20.5 Å². The lowest BCUT2D eigenvalue weighted by atomic mass is 10.1. The zero-order valence-electron chi connectivity index (χ0n) is 13.5. The number of aryl methyl sites for hydroxylation is 1. The van der Waals surface area contributed by atoms with Gasteiger partial charge in [0.05, 0.1) is 7.11 Å². The molecule has 3 rings (SSSR count). The Kier molecular flexibility index (Phi) is 4.56. The van der Waals surface area contributed by atoms with Gasteiger partial charge >= 0.3 is 0 Å². The highest BCUT2D eigenvalue weighted by Gasteiger charge is 2.07. The van der Waals surface area contributed by atoms with Crippen LogP contribution < -0.4 is 15.6 Å². The maximum atomic E-state index is 12.2. The SMILES string of the molecule is COc1cccc(Nc2nnc(Cc3ccc(C)cc3)c(=O)[nH]2)c1. The highest BCUT2D eigenvalue weighted by atomic mass is 16.5. The van der Waals surface area contributed by atoms with E-state index in [4.69, 9.17) is 4.74 Å². The van der Waals surface area contributed by atoms with Gasteiger partial charge in [0.1, 0.15) is 11.4 Å². The lowest BCUT2D eigenvalue weighted by molar-refractivity contribution is 0.415. The number of hydrogen-bond donors (Lipinski definition) is 2. The van der Waals surface area contributed by atoms with Gasteiger partial charge in [-0.2, -0.15) is 0 Å². The smallest absolute Gasteiger partial charge is 0.274 e. The van der Waals surface area contributed by atoms with Gasteiger partial charge < -0.3 is 10.1 Å². The van der Waals surface area contributed by atoms with Crippen molar-refractivity contribution in [1.82, 2.24) is 15.2 Å². The van der Waals surface area contributed by atoms with Gasteiger partial charge in [0.25, 0.3) is 5.56 Å². The Morgan fingerprint density at radius 3 is 2.62 bits per heavy atom. The Hall–Kier alpha value is -3.15. The minimum atomic E-state index is -0.254. The van der Waals surface area contributed by atoms with Crippen LogP contribution in [0.15, 0.2) is 53.3 Å². The van der Waals surface area contributed by atoms with Crippen LogP contribution in [0.2, 0.25) is 0 Å². The Balaban J connectivity index is 1.76. The number of aromatic amines is 1. The molecule has 122 valence electrons. The van der Waals surface area contributed by atoms with E-state index in [-0.39, 0.29) is 5.56 Å². The summed E-state index contributed by atoms with van der Waals surface area (Å²) in [6, 6.07) is 15.3. The van der Waals surface area contributed by atoms with Crippen molar-refractivity contribution in [3.63, 3.8) is 0 Å². The lowest BCUT2D eigenvalue weighted by Crippen LogP contribution is -2.18. The van der Waals surface area contributed by atoms with Crippen molar-refractivity contribution in [3.05, 3.63) is 75.7 Å². The summed E-state index contributed by atoms with van der Waals surface area (Å²) in [5.74, 6) is 1.01. The maximum absolute atomic E-state index is 12.2. The van der Waals surface area contributed by atoms with E-state index >= 15 is 0 Å². The van der Waals surface area contributed by atoms with Crippen molar-refractivity contribution in [3.8, 4) is 5.75 Å². The van der Waals surface area contributed by atoms with E-state index in [0.717, 1.165) is 11.3 Å². The standard InChI is InChI=1S/C18H18N4O2/c1-12-6-8-13(9-7-12)10-16-17(23)20-18(22-21-16)19-14-4-3-5-15(11-14)24-2/h3-9,11H,10H2,1-2H3,(H2,19,20,22,23). The number of benzene rings is 2. The Morgan fingerprint density at radius 1 is 1.12 bits per heavy atom. The molecule has 1 aromatic heterocycles. The van der Waals surface area contributed by atoms with Crippen LogP contribution in [0.1, 0.15) is 16.8 Å². The van der Waals surface area contributed by atoms with Crippen LogP contribution in [0.3, 0.4) is 0 Å². The lowest BCUT2D eigenvalue weighted by Gasteiger charge is -2.07. The number of methoxy groups -OCH3 is 1. The van der Waals surface area contributed by atoms with Gasteiger partial charge in [-0.1, -0.05) is 35.9 Å². The molecule has 0 saturated heterocycles. The molecular formula is C18H18N4O2. The van der Waals surface area contributed by atoms with Crippen molar-refractivity contribution in [2.75, 3.05) is 12.4 Å². The number of anilines is 2. The largest absolute Gasteiger partial charge is 0.497 e. The molecule has 0 radical (unpaired) electrons. The van der Waals surface area contributed by atoms with Crippen molar-refractivity contribution >= 4 is 11.6 Å². The summed E-state index contributed by atoms with van der Waals surface area (Å²) < 4.78 is 5.16. The van der Waals surface area contributed by atoms with Crippen molar-refractivity contribution in [2.45, 2.75) is 13.3 Å². The molecule has 3 aromatic rings. The highest BCUT2D eigenvalue weighted by molar-refractivity contribution is 5.55. The molecule has 0 atom stereocenters. The molecule has 0 amide bonds. The van der Waals surface area contributed by atoms with Crippen molar-refractivity contribution in [2.24, 2.45) is 0 Å². The third-order valence-electron chi connectivity index (χ3n) is 3.59. The normalized spacial score (nSPS) is 10.4. The van der Waals surface area contributed by atoms with Crippen LogP contribution in [0, 0.1) is 6.92 Å². The van der Waals surface area contributed by atoms with Crippen LogP contribution in [0.5, 0.6) is 5.75 Å². The summed E-state index contributed by atoms with van der Waals surface area (Å²) >= 11 is 0. The van der Waals surface area contributed by atoms with Crippen LogP contribution in [-0.4, -0.2) is 22.3 Å². The molecule has 24 heavy (non-hydrogen) atoms. The fraction of sp³-hybridized carbons (Fsp3) is 0.167. The monoisotopic (exact) mass is 322 g/mol. The molecule has 0 aliphatic heterocycles. The predicted molar refractivity (Wildman–Crippen MR) is 92.9 cm³/mol. The van der Waals surface area contributed by atoms with Crippen molar-refractivity contribution in [1.29, 1.82) is 0 Å². The molecule has 0 aliphatic rings. The van der Waals surface area contributed by atoms with E-state index in [9.17, 15) is 4.79 Å². The van der Waals surface area contributed by atoms with Gasteiger partial charge in [0.15, 0.2) is 0 Å². The first-order valence-electron chi connectivity index (χ1n) is 7.56. The predicted octanol–water partition coefficient (Wildman–Crippen LogP) is 2.82. The number of rotatable bonds is 5. The summed E-state index contributed by atoms with van der Waals surface area (Å²) in [4.78, 5) is 14.9. The molecule has 0 fully saturated rings. The minimum Gasteiger partial charge on any atom is -0.497 e. The topological polar surface area (TPSA) is 79.9 Å². The van der Waals surface area contributed by atoms with Gasteiger partial charge in [-0.25, -0.2) is 0 Å². The molecule has 2 N–H and O–H groups in total. The summed E-state index contributed by atoms with van der Waals surface area (Å²) in [5, 5.41) is 11.1. The second kappa shape index (κ2) is 6.95. The second-order valence-corrected chi connectivity index (χ2v) is 5.47. The van der Waals surface area contributed by atoms with Gasteiger partial charge in [-0.05, 0) is 24.6 Å². The van der Waals surface area contributed by atoms with Gasteiger partial charge in [0.2, 0.25) is 5.95 Å². The summed E-state index contributed by atoms with van der Waals surface area (Å²) in [6.07, 6.45) is 0.446. The molecule has 1 heterocycles. The summed E-state index contributed by atoms with van der Waals surface area (Å²) in [6.45, 7) is 2.02. The quantitative estimate of drug-likeness (QED) is 0.755. The fourth-order valence-electron chi connectivity index (χ4n) is 2.27. The maximum Gasteiger partial charge on any atom is 0.274 e. The summed E-state index contributed by atoms with van der Waals surface area (Å²) in [5.41, 5.74) is 3.09. The number of nitrogens with zero attached hydrogens (tertiary/aromatic N) is 2. The Morgan fingerprint density at radius 2 is 1.92 bits per heavy atom. The molecule has 0 aliphatic carbocycles. The molecule has 2 aromatic carbocycles. The van der Waals surface area contributed by atoms with Crippen LogP contribution >= 0.6 is 0 Å². The van der Waals surface area contributed by atoms with E-state index in [1.165, 1.54) is 5.56 Å². The molecule has 0 saturated carbocycles. The van der Waals surface area contributed by atoms with Crippen molar-refractivity contribution < 1.29 is 4.74 Å². The van der Waals surface area contributed by atoms with Gasteiger partial charge in [-0.3, -0.25) is 9.78 Å². The Labute approximate surface area is 139 Å².